The number of ether oxygens (including phenoxy) is 1. The van der Waals surface area contributed by atoms with Crippen LogP contribution in [0.3, 0.4) is 0 Å². The summed E-state index contributed by atoms with van der Waals surface area (Å²) < 4.78 is 5.36. The molecule has 20 heavy (non-hydrogen) atoms. The number of hydrogen-bond acceptors (Lipinski definition) is 6. The Balaban J connectivity index is 1.69. The standard InChI is InChI=1S/C13H19N5O2/c19-11-16-3-5-18(6-4-16)13-14-2-1-12(15-13)17-7-9-20-10-8-17/h1-2,11H,3-10H2. The van der Waals surface area contributed by atoms with Gasteiger partial charge in [-0.05, 0) is 6.07 Å². The zero-order valence-corrected chi connectivity index (χ0v) is 11.4. The first-order valence-corrected chi connectivity index (χ1v) is 6.97. The smallest absolute Gasteiger partial charge is 0.227 e. The molecular weight excluding hydrogens is 258 g/mol. The normalized spacial score (nSPS) is 20.1. The quantitative estimate of drug-likeness (QED) is 0.700. The van der Waals surface area contributed by atoms with Crippen molar-refractivity contribution in [3.63, 3.8) is 0 Å². The average Bonchev–Trinajstić information content (AvgIpc) is 2.56. The molecule has 0 atom stereocenters. The van der Waals surface area contributed by atoms with Crippen molar-refractivity contribution in [3.05, 3.63) is 12.3 Å². The largest absolute Gasteiger partial charge is 0.378 e. The van der Waals surface area contributed by atoms with Gasteiger partial charge < -0.3 is 19.4 Å². The van der Waals surface area contributed by atoms with Gasteiger partial charge in [-0.2, -0.15) is 4.98 Å². The fourth-order valence-electron chi connectivity index (χ4n) is 2.49. The van der Waals surface area contributed by atoms with Gasteiger partial charge in [-0.1, -0.05) is 0 Å². The van der Waals surface area contributed by atoms with Crippen LogP contribution >= 0.6 is 0 Å². The Hall–Kier alpha value is -1.89. The maximum absolute atomic E-state index is 10.7. The van der Waals surface area contributed by atoms with E-state index in [0.29, 0.717) is 0 Å². The number of carbonyl (C=O) groups excluding carboxylic acids is 1. The summed E-state index contributed by atoms with van der Waals surface area (Å²) in [6.07, 6.45) is 2.71. The van der Waals surface area contributed by atoms with Crippen molar-refractivity contribution in [2.45, 2.75) is 0 Å². The van der Waals surface area contributed by atoms with E-state index in [0.717, 1.165) is 70.7 Å². The number of aromatic nitrogens is 2. The highest BCUT2D eigenvalue weighted by atomic mass is 16.5. The van der Waals surface area contributed by atoms with Crippen LogP contribution in [0, 0.1) is 0 Å². The summed E-state index contributed by atoms with van der Waals surface area (Å²) >= 11 is 0. The van der Waals surface area contributed by atoms with Gasteiger partial charge in [0.05, 0.1) is 13.2 Å². The van der Waals surface area contributed by atoms with Gasteiger partial charge in [-0.3, -0.25) is 4.79 Å². The summed E-state index contributed by atoms with van der Waals surface area (Å²) in [5.41, 5.74) is 0. The minimum atomic E-state index is 0.731. The fourth-order valence-corrected chi connectivity index (χ4v) is 2.49. The third kappa shape index (κ3) is 2.82. The van der Waals surface area contributed by atoms with Crippen molar-refractivity contribution < 1.29 is 9.53 Å². The Morgan fingerprint density at radius 2 is 1.80 bits per heavy atom. The van der Waals surface area contributed by atoms with E-state index in [1.54, 1.807) is 11.1 Å². The Kier molecular flexibility index (Phi) is 3.96. The third-order valence-electron chi connectivity index (χ3n) is 3.71. The van der Waals surface area contributed by atoms with Gasteiger partial charge in [-0.25, -0.2) is 4.98 Å². The van der Waals surface area contributed by atoms with E-state index in [9.17, 15) is 4.79 Å². The van der Waals surface area contributed by atoms with Gasteiger partial charge in [0.2, 0.25) is 12.4 Å². The molecule has 108 valence electrons. The number of rotatable bonds is 3. The molecule has 7 heteroatoms. The molecule has 1 aromatic heterocycles. The summed E-state index contributed by atoms with van der Waals surface area (Å²) in [5.74, 6) is 1.70. The van der Waals surface area contributed by atoms with Crippen LogP contribution in [0.15, 0.2) is 12.3 Å². The van der Waals surface area contributed by atoms with Gasteiger partial charge in [0.15, 0.2) is 0 Å². The number of hydrogen-bond donors (Lipinski definition) is 0. The highest BCUT2D eigenvalue weighted by Crippen LogP contribution is 2.17. The van der Waals surface area contributed by atoms with Crippen LogP contribution in [-0.4, -0.2) is 73.8 Å². The molecular formula is C13H19N5O2. The van der Waals surface area contributed by atoms with E-state index in [2.05, 4.69) is 19.8 Å². The number of piperazine rings is 1. The lowest BCUT2D eigenvalue weighted by atomic mass is 10.3. The van der Waals surface area contributed by atoms with Gasteiger partial charge in [0.25, 0.3) is 0 Å². The predicted molar refractivity (Wildman–Crippen MR) is 74.9 cm³/mol. The van der Waals surface area contributed by atoms with Gasteiger partial charge in [0, 0.05) is 45.5 Å². The summed E-state index contributed by atoms with van der Waals surface area (Å²) in [5, 5.41) is 0. The van der Waals surface area contributed by atoms with Crippen LogP contribution in [0.5, 0.6) is 0 Å². The highest BCUT2D eigenvalue weighted by Gasteiger charge is 2.19. The molecule has 0 radical (unpaired) electrons. The molecule has 0 aliphatic carbocycles. The van der Waals surface area contributed by atoms with Crippen molar-refractivity contribution in [2.75, 3.05) is 62.3 Å². The van der Waals surface area contributed by atoms with E-state index in [1.165, 1.54) is 0 Å². The van der Waals surface area contributed by atoms with Crippen molar-refractivity contribution in [1.29, 1.82) is 0 Å². The summed E-state index contributed by atoms with van der Waals surface area (Å²) in [6, 6.07) is 1.94. The summed E-state index contributed by atoms with van der Waals surface area (Å²) in [4.78, 5) is 25.9. The van der Waals surface area contributed by atoms with E-state index >= 15 is 0 Å². The number of amides is 1. The summed E-state index contributed by atoms with van der Waals surface area (Å²) in [7, 11) is 0. The SMILES string of the molecule is O=CN1CCN(c2nccc(N3CCOCC3)n2)CC1. The molecule has 3 rings (SSSR count). The Morgan fingerprint density at radius 3 is 2.50 bits per heavy atom. The van der Waals surface area contributed by atoms with E-state index in [1.807, 2.05) is 6.07 Å². The van der Waals surface area contributed by atoms with Crippen LogP contribution in [0.1, 0.15) is 0 Å². The number of morpholine rings is 1. The number of nitrogens with zero attached hydrogens (tertiary/aromatic N) is 5. The molecule has 2 aliphatic heterocycles. The molecule has 0 aromatic carbocycles. The summed E-state index contributed by atoms with van der Waals surface area (Å²) in [6.45, 7) is 6.26. The van der Waals surface area contributed by atoms with Gasteiger partial charge >= 0.3 is 0 Å². The van der Waals surface area contributed by atoms with E-state index in [-0.39, 0.29) is 0 Å². The zero-order valence-electron chi connectivity index (χ0n) is 11.4. The maximum Gasteiger partial charge on any atom is 0.227 e. The molecule has 0 bridgehead atoms. The van der Waals surface area contributed by atoms with E-state index < -0.39 is 0 Å². The first-order valence-electron chi connectivity index (χ1n) is 6.97. The predicted octanol–water partition coefficient (Wildman–Crippen LogP) is -0.408. The molecule has 1 amide bonds. The van der Waals surface area contributed by atoms with Crippen molar-refractivity contribution in [2.24, 2.45) is 0 Å². The second-order valence-corrected chi connectivity index (χ2v) is 4.94. The molecule has 0 N–H and O–H groups in total. The lowest BCUT2D eigenvalue weighted by Gasteiger charge is -2.33. The second-order valence-electron chi connectivity index (χ2n) is 4.94. The first kappa shape index (κ1) is 13.1. The Labute approximate surface area is 118 Å². The fraction of sp³-hybridized carbons (Fsp3) is 0.615. The molecule has 0 spiro atoms. The molecule has 1 aromatic rings. The Morgan fingerprint density at radius 1 is 1.05 bits per heavy atom. The molecule has 7 nitrogen and oxygen atoms in total. The third-order valence-corrected chi connectivity index (χ3v) is 3.71. The van der Waals surface area contributed by atoms with Crippen LogP contribution in [0.25, 0.3) is 0 Å². The van der Waals surface area contributed by atoms with Crippen molar-refractivity contribution in [1.82, 2.24) is 14.9 Å². The topological polar surface area (TPSA) is 61.8 Å². The van der Waals surface area contributed by atoms with E-state index in [4.69, 9.17) is 4.74 Å². The van der Waals surface area contributed by atoms with Crippen LogP contribution in [-0.2, 0) is 9.53 Å². The molecule has 2 aliphatic rings. The van der Waals surface area contributed by atoms with Gasteiger partial charge in [-0.15, -0.1) is 0 Å². The maximum atomic E-state index is 10.7. The first-order chi connectivity index (χ1) is 9.86. The zero-order chi connectivity index (χ0) is 13.8. The minimum absolute atomic E-state index is 0.731. The average molecular weight is 277 g/mol. The molecule has 2 saturated heterocycles. The van der Waals surface area contributed by atoms with Crippen LogP contribution in [0.4, 0.5) is 11.8 Å². The molecule has 2 fully saturated rings. The molecule has 0 unspecified atom stereocenters. The monoisotopic (exact) mass is 277 g/mol. The van der Waals surface area contributed by atoms with Crippen molar-refractivity contribution in [3.8, 4) is 0 Å². The van der Waals surface area contributed by atoms with Crippen molar-refractivity contribution >= 4 is 18.2 Å². The number of carbonyl (C=O) groups is 1. The van der Waals surface area contributed by atoms with Gasteiger partial charge in [0.1, 0.15) is 5.82 Å². The van der Waals surface area contributed by atoms with Crippen LogP contribution in [0.2, 0.25) is 0 Å². The van der Waals surface area contributed by atoms with Crippen LogP contribution < -0.4 is 9.80 Å². The minimum Gasteiger partial charge on any atom is -0.378 e. The number of anilines is 2. The second kappa shape index (κ2) is 6.04. The molecule has 0 saturated carbocycles. The lowest BCUT2D eigenvalue weighted by Crippen LogP contribution is -2.46. The Bertz CT molecular complexity index is 456. The lowest BCUT2D eigenvalue weighted by molar-refractivity contribution is -0.118. The molecule has 3 heterocycles. The highest BCUT2D eigenvalue weighted by molar-refractivity contribution is 5.49.